The van der Waals surface area contributed by atoms with Gasteiger partial charge in [0.05, 0.1) is 7.11 Å². The first-order chi connectivity index (χ1) is 10.1. The first kappa shape index (κ1) is 15.1. The van der Waals surface area contributed by atoms with Gasteiger partial charge in [0, 0.05) is 6.08 Å². The summed E-state index contributed by atoms with van der Waals surface area (Å²) in [5.41, 5.74) is 0. The predicted octanol–water partition coefficient (Wildman–Crippen LogP) is 3.18. The maximum Gasteiger partial charge on any atom is 0.373 e. The van der Waals surface area contributed by atoms with Gasteiger partial charge in [-0.1, -0.05) is 0 Å². The highest BCUT2D eigenvalue weighted by Crippen LogP contribution is 2.15. The fourth-order valence-electron chi connectivity index (χ4n) is 1.42. The summed E-state index contributed by atoms with van der Waals surface area (Å²) < 4.78 is 20.4. The highest BCUT2D eigenvalue weighted by Gasteiger charge is 2.11. The monoisotopic (exact) mass is 354 g/mol. The summed E-state index contributed by atoms with van der Waals surface area (Å²) in [6, 6.07) is 6.39. The highest BCUT2D eigenvalue weighted by molar-refractivity contribution is 9.10. The van der Waals surface area contributed by atoms with Gasteiger partial charge in [0.2, 0.25) is 5.76 Å². The molecule has 0 aliphatic carbocycles. The summed E-state index contributed by atoms with van der Waals surface area (Å²) in [6.07, 6.45) is 2.71. The van der Waals surface area contributed by atoms with Gasteiger partial charge in [-0.2, -0.15) is 0 Å². The third-order valence-electron chi connectivity index (χ3n) is 2.38. The Morgan fingerprint density at radius 2 is 2.05 bits per heavy atom. The normalized spacial score (nSPS) is 10.8. The smallest absolute Gasteiger partial charge is 0.373 e. The van der Waals surface area contributed by atoms with E-state index < -0.39 is 11.9 Å². The summed E-state index contributed by atoms with van der Waals surface area (Å²) in [5.74, 6) is -0.225. The lowest BCUT2D eigenvalue weighted by Crippen LogP contribution is -2.00. The van der Waals surface area contributed by atoms with Crippen LogP contribution in [0.3, 0.4) is 0 Å². The van der Waals surface area contributed by atoms with Gasteiger partial charge in [-0.05, 0) is 46.3 Å². The van der Waals surface area contributed by atoms with Gasteiger partial charge in [0.15, 0.2) is 4.67 Å². The molecule has 0 spiro atoms. The Kier molecular flexibility index (Phi) is 4.99. The van der Waals surface area contributed by atoms with Crippen LogP contribution in [0.1, 0.15) is 22.1 Å². The van der Waals surface area contributed by atoms with Crippen molar-refractivity contribution >= 4 is 33.9 Å². The number of hydrogen-bond donors (Lipinski definition) is 0. The van der Waals surface area contributed by atoms with Crippen LogP contribution in [0.25, 0.3) is 6.08 Å². The number of halogens is 1. The molecule has 6 nitrogen and oxygen atoms in total. The molecule has 0 aromatic carbocycles. The van der Waals surface area contributed by atoms with Gasteiger partial charge in [-0.3, -0.25) is 0 Å². The topological polar surface area (TPSA) is 78.9 Å². The molecule has 0 bridgehead atoms. The van der Waals surface area contributed by atoms with Gasteiger partial charge in [0.25, 0.3) is 0 Å². The van der Waals surface area contributed by atoms with E-state index in [4.69, 9.17) is 13.6 Å². The van der Waals surface area contributed by atoms with Crippen LogP contribution in [0.5, 0.6) is 0 Å². The Morgan fingerprint density at radius 3 is 2.71 bits per heavy atom. The summed E-state index contributed by atoms with van der Waals surface area (Å²) in [7, 11) is 1.25. The molecule has 0 fully saturated rings. The van der Waals surface area contributed by atoms with E-state index in [0.29, 0.717) is 16.2 Å². The molecule has 7 heteroatoms. The van der Waals surface area contributed by atoms with E-state index in [0.717, 1.165) is 0 Å². The Labute approximate surface area is 128 Å². The maximum atomic E-state index is 11.5. The fraction of sp³-hybridized carbons (Fsp3) is 0.143. The van der Waals surface area contributed by atoms with Gasteiger partial charge in [-0.15, -0.1) is 0 Å². The Bertz CT molecular complexity index is 667. The number of ether oxygens (including phenoxy) is 2. The number of rotatable bonds is 5. The second-order valence-corrected chi connectivity index (χ2v) is 4.62. The Balaban J connectivity index is 1.85. The highest BCUT2D eigenvalue weighted by atomic mass is 79.9. The second-order valence-electron chi connectivity index (χ2n) is 3.84. The standard InChI is InChI=1S/C14H11BrO6/c1-18-14(17)11-5-2-10(20-11)8-19-13(16)7-4-9-3-6-12(15)21-9/h2-7H,8H2,1H3/b7-4+. The van der Waals surface area contributed by atoms with Gasteiger partial charge in [0.1, 0.15) is 18.1 Å². The van der Waals surface area contributed by atoms with Crippen LogP contribution in [0.15, 0.2) is 43.8 Å². The van der Waals surface area contributed by atoms with Crippen LogP contribution >= 0.6 is 15.9 Å². The number of furan rings is 2. The zero-order chi connectivity index (χ0) is 15.2. The quantitative estimate of drug-likeness (QED) is 0.606. The fourth-order valence-corrected chi connectivity index (χ4v) is 1.74. The Morgan fingerprint density at radius 1 is 1.24 bits per heavy atom. The molecule has 21 heavy (non-hydrogen) atoms. The van der Waals surface area contributed by atoms with Crippen LogP contribution in [-0.4, -0.2) is 19.0 Å². The molecule has 0 radical (unpaired) electrons. The number of hydrogen-bond acceptors (Lipinski definition) is 6. The van der Waals surface area contributed by atoms with Crippen LogP contribution in [0.2, 0.25) is 0 Å². The molecule has 0 aliphatic heterocycles. The second kappa shape index (κ2) is 6.94. The number of carbonyl (C=O) groups is 2. The van der Waals surface area contributed by atoms with E-state index in [1.165, 1.54) is 31.4 Å². The maximum absolute atomic E-state index is 11.5. The molecule has 0 saturated heterocycles. The van der Waals surface area contributed by atoms with Crippen molar-refractivity contribution in [1.29, 1.82) is 0 Å². The van der Waals surface area contributed by atoms with Crippen molar-refractivity contribution in [3.8, 4) is 0 Å². The molecule has 0 aliphatic rings. The third kappa shape index (κ3) is 4.35. The van der Waals surface area contributed by atoms with Crippen molar-refractivity contribution < 1.29 is 27.9 Å². The van der Waals surface area contributed by atoms with Crippen molar-refractivity contribution in [3.05, 3.63) is 52.3 Å². The van der Waals surface area contributed by atoms with E-state index in [1.807, 2.05) is 0 Å². The van der Waals surface area contributed by atoms with Crippen molar-refractivity contribution in [2.45, 2.75) is 6.61 Å². The Hall–Kier alpha value is -2.28. The van der Waals surface area contributed by atoms with Crippen LogP contribution in [0.4, 0.5) is 0 Å². The van der Waals surface area contributed by atoms with Crippen molar-refractivity contribution in [2.24, 2.45) is 0 Å². The molecule has 2 heterocycles. The van der Waals surface area contributed by atoms with Crippen LogP contribution in [-0.2, 0) is 20.9 Å². The minimum atomic E-state index is -0.587. The minimum Gasteiger partial charge on any atom is -0.463 e. The summed E-state index contributed by atoms with van der Waals surface area (Å²) >= 11 is 3.15. The molecule has 110 valence electrons. The first-order valence-corrected chi connectivity index (χ1v) is 6.65. The molecule has 2 rings (SSSR count). The van der Waals surface area contributed by atoms with Crippen LogP contribution < -0.4 is 0 Å². The lowest BCUT2D eigenvalue weighted by atomic mass is 10.4. The zero-order valence-corrected chi connectivity index (χ0v) is 12.6. The molecule has 0 saturated carbocycles. The van der Waals surface area contributed by atoms with Crippen molar-refractivity contribution in [2.75, 3.05) is 7.11 Å². The average Bonchev–Trinajstić information content (AvgIpc) is 3.11. The molecule has 2 aromatic rings. The predicted molar refractivity (Wildman–Crippen MR) is 75.3 cm³/mol. The first-order valence-electron chi connectivity index (χ1n) is 5.85. The van der Waals surface area contributed by atoms with E-state index in [-0.39, 0.29) is 12.4 Å². The average molecular weight is 355 g/mol. The lowest BCUT2D eigenvalue weighted by molar-refractivity contribution is -0.139. The summed E-state index contributed by atoms with van der Waals surface area (Å²) in [5, 5.41) is 0. The molecule has 2 aromatic heterocycles. The van der Waals surface area contributed by atoms with Gasteiger partial charge < -0.3 is 18.3 Å². The summed E-state index contributed by atoms with van der Waals surface area (Å²) in [4.78, 5) is 22.7. The molecular weight excluding hydrogens is 344 g/mol. The molecule has 0 unspecified atom stereocenters. The van der Waals surface area contributed by atoms with Crippen molar-refractivity contribution in [3.63, 3.8) is 0 Å². The van der Waals surface area contributed by atoms with Crippen LogP contribution in [0, 0.1) is 0 Å². The van der Waals surface area contributed by atoms with E-state index in [9.17, 15) is 9.59 Å². The van der Waals surface area contributed by atoms with Gasteiger partial charge in [-0.25, -0.2) is 9.59 Å². The number of esters is 2. The number of methoxy groups -OCH3 is 1. The molecule has 0 amide bonds. The van der Waals surface area contributed by atoms with E-state index in [2.05, 4.69) is 20.7 Å². The van der Waals surface area contributed by atoms with E-state index >= 15 is 0 Å². The molecule has 0 atom stereocenters. The van der Waals surface area contributed by atoms with E-state index in [1.54, 1.807) is 12.1 Å². The molecule has 0 N–H and O–H groups in total. The zero-order valence-electron chi connectivity index (χ0n) is 11.0. The van der Waals surface area contributed by atoms with Gasteiger partial charge >= 0.3 is 11.9 Å². The van der Waals surface area contributed by atoms with Crippen molar-refractivity contribution in [1.82, 2.24) is 0 Å². The number of carbonyl (C=O) groups excluding carboxylic acids is 2. The molecular formula is C14H11BrO6. The largest absolute Gasteiger partial charge is 0.463 e. The third-order valence-corrected chi connectivity index (χ3v) is 2.81. The summed E-state index contributed by atoms with van der Waals surface area (Å²) in [6.45, 7) is -0.0813. The minimum absolute atomic E-state index is 0.0551. The lowest BCUT2D eigenvalue weighted by Gasteiger charge is -1.98. The SMILES string of the molecule is COC(=O)c1ccc(COC(=O)/C=C/c2ccc(Br)o2)o1.